The van der Waals surface area contributed by atoms with Gasteiger partial charge in [-0.25, -0.2) is 0 Å². The van der Waals surface area contributed by atoms with Crippen LogP contribution in [0.25, 0.3) is 0 Å². The van der Waals surface area contributed by atoms with Gasteiger partial charge in [-0.1, -0.05) is 32.6 Å². The Labute approximate surface area is 106 Å². The summed E-state index contributed by atoms with van der Waals surface area (Å²) in [6.07, 6.45) is 8.17. The second kappa shape index (κ2) is 8.06. The van der Waals surface area contributed by atoms with Crippen molar-refractivity contribution in [3.63, 3.8) is 0 Å². The molecule has 0 aromatic rings. The minimum atomic E-state index is -0.476. The van der Waals surface area contributed by atoms with Crippen LogP contribution < -0.4 is 5.32 Å². The number of ether oxygens (including phenoxy) is 1. The van der Waals surface area contributed by atoms with Gasteiger partial charge in [0.2, 0.25) is 0 Å². The maximum Gasteiger partial charge on any atom is 0.0771 e. The molecule has 0 amide bonds. The van der Waals surface area contributed by atoms with E-state index in [1.165, 1.54) is 32.1 Å². The van der Waals surface area contributed by atoms with Crippen LogP contribution in [0.15, 0.2) is 0 Å². The summed E-state index contributed by atoms with van der Waals surface area (Å²) in [5.74, 6) is 0.841. The summed E-state index contributed by atoms with van der Waals surface area (Å²) in [6, 6.07) is 0. The van der Waals surface area contributed by atoms with Crippen LogP contribution >= 0.6 is 0 Å². The van der Waals surface area contributed by atoms with E-state index in [1.54, 1.807) is 7.11 Å². The Kier molecular flexibility index (Phi) is 7.09. The number of methoxy groups -OCH3 is 1. The number of hydrogen-bond donors (Lipinski definition) is 2. The Balaban J connectivity index is 2.27. The maximum absolute atomic E-state index is 10.5. The van der Waals surface area contributed by atoms with Crippen LogP contribution in [0.4, 0.5) is 0 Å². The van der Waals surface area contributed by atoms with E-state index >= 15 is 0 Å². The van der Waals surface area contributed by atoms with Crippen molar-refractivity contribution in [3.8, 4) is 0 Å². The van der Waals surface area contributed by atoms with Crippen molar-refractivity contribution < 1.29 is 9.84 Å². The van der Waals surface area contributed by atoms with Gasteiger partial charge in [-0.05, 0) is 25.2 Å². The Morgan fingerprint density at radius 3 is 2.88 bits per heavy atom. The molecule has 0 spiro atoms. The van der Waals surface area contributed by atoms with Crippen LogP contribution in [-0.4, -0.2) is 37.5 Å². The zero-order valence-corrected chi connectivity index (χ0v) is 11.5. The first-order valence-electron chi connectivity index (χ1n) is 7.12. The van der Waals surface area contributed by atoms with E-state index in [0.29, 0.717) is 6.61 Å². The molecule has 17 heavy (non-hydrogen) atoms. The van der Waals surface area contributed by atoms with Crippen molar-refractivity contribution in [1.29, 1.82) is 0 Å². The molecule has 0 aromatic carbocycles. The van der Waals surface area contributed by atoms with Gasteiger partial charge in [-0.3, -0.25) is 0 Å². The number of aliphatic hydroxyl groups is 1. The molecule has 1 rings (SSSR count). The van der Waals surface area contributed by atoms with Crippen molar-refractivity contribution in [3.05, 3.63) is 0 Å². The summed E-state index contributed by atoms with van der Waals surface area (Å²) in [7, 11) is 1.71. The molecule has 2 atom stereocenters. The fourth-order valence-electron chi connectivity index (χ4n) is 2.83. The zero-order valence-electron chi connectivity index (χ0n) is 11.5. The molecule has 0 saturated heterocycles. The fraction of sp³-hybridized carbons (Fsp3) is 1.00. The summed E-state index contributed by atoms with van der Waals surface area (Å²) in [5.41, 5.74) is -0.476. The average molecular weight is 243 g/mol. The highest BCUT2D eigenvalue weighted by molar-refractivity contribution is 4.85. The van der Waals surface area contributed by atoms with Crippen molar-refractivity contribution >= 4 is 0 Å². The third-order valence-corrected chi connectivity index (χ3v) is 3.91. The van der Waals surface area contributed by atoms with Crippen LogP contribution in [0.1, 0.15) is 51.9 Å². The molecule has 0 bridgehead atoms. The highest BCUT2D eigenvalue weighted by Crippen LogP contribution is 2.32. The highest BCUT2D eigenvalue weighted by atomic mass is 16.5. The molecule has 3 heteroatoms. The second-order valence-electron chi connectivity index (χ2n) is 5.48. The summed E-state index contributed by atoms with van der Waals surface area (Å²) >= 11 is 0. The monoisotopic (exact) mass is 243 g/mol. The largest absolute Gasteiger partial charge is 0.389 e. The molecule has 1 saturated carbocycles. The molecule has 1 aliphatic carbocycles. The van der Waals surface area contributed by atoms with E-state index in [9.17, 15) is 5.11 Å². The van der Waals surface area contributed by atoms with Crippen molar-refractivity contribution in [2.24, 2.45) is 5.92 Å². The van der Waals surface area contributed by atoms with Gasteiger partial charge >= 0.3 is 0 Å². The smallest absolute Gasteiger partial charge is 0.0771 e. The normalized spacial score (nSPS) is 30.2. The Hall–Kier alpha value is -0.120. The van der Waals surface area contributed by atoms with Gasteiger partial charge in [0.15, 0.2) is 0 Å². The number of nitrogens with one attached hydrogen (secondary N) is 1. The Morgan fingerprint density at radius 2 is 2.18 bits per heavy atom. The summed E-state index contributed by atoms with van der Waals surface area (Å²) in [5, 5.41) is 13.8. The third kappa shape index (κ3) is 5.84. The molecule has 2 N–H and O–H groups in total. The van der Waals surface area contributed by atoms with E-state index in [-0.39, 0.29) is 0 Å². The standard InChI is InChI=1S/C14H29NO2/c1-3-5-13-6-4-8-14(16,9-7-13)12-15-10-11-17-2/h13,15-16H,3-12H2,1-2H3. The maximum atomic E-state index is 10.5. The quantitative estimate of drug-likeness (QED) is 0.533. The van der Waals surface area contributed by atoms with Gasteiger partial charge in [-0.15, -0.1) is 0 Å². The minimum Gasteiger partial charge on any atom is -0.389 e. The van der Waals surface area contributed by atoms with Gasteiger partial charge < -0.3 is 15.2 Å². The molecule has 0 aliphatic heterocycles. The highest BCUT2D eigenvalue weighted by Gasteiger charge is 2.29. The van der Waals surface area contributed by atoms with E-state index < -0.39 is 5.60 Å². The van der Waals surface area contributed by atoms with Gasteiger partial charge in [0.1, 0.15) is 0 Å². The van der Waals surface area contributed by atoms with Gasteiger partial charge in [0.25, 0.3) is 0 Å². The zero-order chi connectivity index (χ0) is 12.6. The molecular weight excluding hydrogens is 214 g/mol. The summed E-state index contributed by atoms with van der Waals surface area (Å²) in [4.78, 5) is 0. The van der Waals surface area contributed by atoms with Gasteiger partial charge in [-0.2, -0.15) is 0 Å². The van der Waals surface area contributed by atoms with Crippen molar-refractivity contribution in [2.45, 2.75) is 57.5 Å². The minimum absolute atomic E-state index is 0.476. The lowest BCUT2D eigenvalue weighted by atomic mass is 9.92. The van der Waals surface area contributed by atoms with Crippen LogP contribution in [0.3, 0.4) is 0 Å². The number of rotatable bonds is 7. The Morgan fingerprint density at radius 1 is 1.35 bits per heavy atom. The molecule has 102 valence electrons. The first-order chi connectivity index (χ1) is 8.20. The fourth-order valence-corrected chi connectivity index (χ4v) is 2.83. The van der Waals surface area contributed by atoms with Crippen molar-refractivity contribution in [2.75, 3.05) is 26.8 Å². The van der Waals surface area contributed by atoms with E-state index in [4.69, 9.17) is 4.74 Å². The van der Waals surface area contributed by atoms with Crippen LogP contribution in [-0.2, 0) is 4.74 Å². The van der Waals surface area contributed by atoms with E-state index in [2.05, 4.69) is 12.2 Å². The Bertz CT molecular complexity index is 199. The van der Waals surface area contributed by atoms with E-state index in [1.807, 2.05) is 0 Å². The summed E-state index contributed by atoms with van der Waals surface area (Å²) < 4.78 is 4.99. The number of hydrogen-bond acceptors (Lipinski definition) is 3. The molecule has 0 heterocycles. The topological polar surface area (TPSA) is 41.5 Å². The lowest BCUT2D eigenvalue weighted by Gasteiger charge is -2.27. The summed E-state index contributed by atoms with van der Waals surface area (Å²) in [6.45, 7) is 4.52. The SMILES string of the molecule is CCCC1CCCC(O)(CNCCOC)CC1. The molecule has 2 unspecified atom stereocenters. The van der Waals surface area contributed by atoms with Gasteiger partial charge in [0, 0.05) is 20.2 Å². The van der Waals surface area contributed by atoms with Crippen LogP contribution in [0.2, 0.25) is 0 Å². The molecule has 0 radical (unpaired) electrons. The lowest BCUT2D eigenvalue weighted by Crippen LogP contribution is -2.41. The average Bonchev–Trinajstić information content (AvgIpc) is 2.49. The first-order valence-corrected chi connectivity index (χ1v) is 7.12. The van der Waals surface area contributed by atoms with Crippen LogP contribution in [0, 0.1) is 5.92 Å². The molecule has 1 aliphatic rings. The first kappa shape index (κ1) is 14.9. The van der Waals surface area contributed by atoms with Crippen molar-refractivity contribution in [1.82, 2.24) is 5.32 Å². The van der Waals surface area contributed by atoms with E-state index in [0.717, 1.165) is 31.8 Å². The molecule has 0 aromatic heterocycles. The van der Waals surface area contributed by atoms with Crippen LogP contribution in [0.5, 0.6) is 0 Å². The second-order valence-corrected chi connectivity index (χ2v) is 5.48. The molecule has 3 nitrogen and oxygen atoms in total. The molecule has 1 fully saturated rings. The van der Waals surface area contributed by atoms with Gasteiger partial charge in [0.05, 0.1) is 12.2 Å². The predicted octanol–water partition coefficient (Wildman–Crippen LogP) is 2.33. The predicted molar refractivity (Wildman–Crippen MR) is 71.2 cm³/mol. The lowest BCUT2D eigenvalue weighted by molar-refractivity contribution is 0.0229. The molecular formula is C14H29NO2. The third-order valence-electron chi connectivity index (χ3n) is 3.91.